The van der Waals surface area contributed by atoms with Gasteiger partial charge in [0.2, 0.25) is 5.78 Å². The Kier molecular flexibility index (Phi) is 7.19. The summed E-state index contributed by atoms with van der Waals surface area (Å²) in [6.45, 7) is -1.49. The monoisotopic (exact) mass is 311 g/mol. The Morgan fingerprint density at radius 2 is 1.52 bits per heavy atom. The molecule has 0 aliphatic rings. The maximum Gasteiger partial charge on any atom is 0.372 e. The number of Topliss-reactive ketones (excluding diaryl/α,β-unsaturated/α-hetero) is 1. The Labute approximate surface area is 120 Å². The highest BCUT2D eigenvalue weighted by molar-refractivity contribution is 6.32. The number of hydrogen-bond donors (Lipinski definition) is 6. The van der Waals surface area contributed by atoms with Crippen LogP contribution in [0.1, 0.15) is 14.7 Å². The summed E-state index contributed by atoms with van der Waals surface area (Å²) in [5, 5.41) is 55.7. The van der Waals surface area contributed by atoms with Crippen LogP contribution in [0.2, 0.25) is 0 Å². The number of aliphatic hydroxyl groups is 5. The molecule has 10 heteroatoms. The van der Waals surface area contributed by atoms with Gasteiger partial charge >= 0.3 is 11.9 Å². The maximum atomic E-state index is 10.9. The minimum atomic E-state index is -2.14. The lowest BCUT2D eigenvalue weighted by Crippen LogP contribution is -2.50. The molecule has 0 spiro atoms. The molecule has 10 nitrogen and oxygen atoms in total. The SMILES string of the molecule is [2H]CC(=O)OC[C@@H](O)[C@@H](O)[C@H](O)[C@H](O)[C@@H](O)CC(=O)C(=O)O. The van der Waals surface area contributed by atoms with Gasteiger partial charge in [0.25, 0.3) is 0 Å². The summed E-state index contributed by atoms with van der Waals surface area (Å²) in [5.41, 5.74) is 0. The van der Waals surface area contributed by atoms with Crippen molar-refractivity contribution in [3.8, 4) is 0 Å². The summed E-state index contributed by atoms with van der Waals surface area (Å²) < 4.78 is 11.0. The molecule has 21 heavy (non-hydrogen) atoms. The highest BCUT2D eigenvalue weighted by Crippen LogP contribution is 2.11. The normalized spacial score (nSPS) is 18.8. The Balaban J connectivity index is 4.52. The summed E-state index contributed by atoms with van der Waals surface area (Å²) in [5.74, 6) is -4.25. The van der Waals surface area contributed by atoms with E-state index in [0.29, 0.717) is 0 Å². The first-order valence-electron chi connectivity index (χ1n) is 6.43. The Bertz CT molecular complexity index is 400. The van der Waals surface area contributed by atoms with Crippen LogP contribution in [0.4, 0.5) is 0 Å². The van der Waals surface area contributed by atoms with E-state index in [-0.39, 0.29) is 0 Å². The molecule has 0 rings (SSSR count). The number of ketones is 1. The molecule has 0 radical (unpaired) electrons. The van der Waals surface area contributed by atoms with Crippen molar-refractivity contribution in [1.29, 1.82) is 0 Å². The largest absolute Gasteiger partial charge is 0.475 e. The lowest BCUT2D eigenvalue weighted by Gasteiger charge is -2.28. The second kappa shape index (κ2) is 8.64. The number of carboxylic acid groups (broad SMARTS) is 1. The van der Waals surface area contributed by atoms with E-state index in [0.717, 1.165) is 0 Å². The molecule has 0 amide bonds. The molecule has 0 bridgehead atoms. The van der Waals surface area contributed by atoms with Crippen LogP contribution in [0.25, 0.3) is 0 Å². The minimum absolute atomic E-state index is 0.718. The van der Waals surface area contributed by atoms with E-state index in [4.69, 9.17) is 6.48 Å². The van der Waals surface area contributed by atoms with E-state index in [9.17, 15) is 39.9 Å². The van der Waals surface area contributed by atoms with Gasteiger partial charge in [-0.05, 0) is 0 Å². The van der Waals surface area contributed by atoms with Crippen molar-refractivity contribution in [2.75, 3.05) is 6.61 Å². The summed E-state index contributed by atoms with van der Waals surface area (Å²) >= 11 is 0. The average molecular weight is 311 g/mol. The molecule has 6 N–H and O–H groups in total. The summed E-state index contributed by atoms with van der Waals surface area (Å²) in [4.78, 5) is 31.8. The molecule has 0 aromatic heterocycles. The first-order chi connectivity index (χ1) is 10.1. The number of aliphatic carboxylic acids is 1. The van der Waals surface area contributed by atoms with Gasteiger partial charge in [0.05, 0.1) is 6.10 Å². The Morgan fingerprint density at radius 1 is 1.00 bits per heavy atom. The van der Waals surface area contributed by atoms with Crippen molar-refractivity contribution < 1.29 is 51.1 Å². The number of ether oxygens (including phenoxy) is 1. The minimum Gasteiger partial charge on any atom is -0.475 e. The van der Waals surface area contributed by atoms with Crippen LogP contribution in [0, 0.1) is 0 Å². The van der Waals surface area contributed by atoms with Gasteiger partial charge in [-0.3, -0.25) is 9.59 Å². The molecule has 122 valence electrons. The van der Waals surface area contributed by atoms with Crippen LogP contribution in [-0.4, -0.2) is 85.5 Å². The lowest BCUT2D eigenvalue weighted by atomic mass is 9.97. The molecule has 0 aromatic carbocycles. The lowest BCUT2D eigenvalue weighted by molar-refractivity contribution is -0.161. The van der Waals surface area contributed by atoms with Crippen LogP contribution in [-0.2, 0) is 19.1 Å². The number of carbonyl (C=O) groups excluding carboxylic acids is 2. The fourth-order valence-corrected chi connectivity index (χ4v) is 1.33. The fourth-order valence-electron chi connectivity index (χ4n) is 1.33. The van der Waals surface area contributed by atoms with Gasteiger partial charge in [0.15, 0.2) is 0 Å². The number of carbonyl (C=O) groups is 3. The van der Waals surface area contributed by atoms with Gasteiger partial charge in [-0.1, -0.05) is 0 Å². The van der Waals surface area contributed by atoms with Crippen LogP contribution < -0.4 is 0 Å². The number of aliphatic hydroxyl groups excluding tert-OH is 5. The van der Waals surface area contributed by atoms with Gasteiger partial charge in [0, 0.05) is 14.7 Å². The molecule has 0 fully saturated rings. The second-order valence-corrected chi connectivity index (χ2v) is 4.22. The first-order valence-corrected chi connectivity index (χ1v) is 5.73. The third-order valence-electron chi connectivity index (χ3n) is 2.54. The zero-order valence-corrected chi connectivity index (χ0v) is 10.8. The molecule has 5 atom stereocenters. The molecule has 0 aliphatic carbocycles. The van der Waals surface area contributed by atoms with Crippen molar-refractivity contribution in [3.63, 3.8) is 0 Å². The van der Waals surface area contributed by atoms with Crippen LogP contribution in [0.5, 0.6) is 0 Å². The van der Waals surface area contributed by atoms with Crippen molar-refractivity contribution in [2.24, 2.45) is 0 Å². The highest BCUT2D eigenvalue weighted by Gasteiger charge is 2.36. The zero-order valence-electron chi connectivity index (χ0n) is 11.8. The van der Waals surface area contributed by atoms with E-state index >= 15 is 0 Å². The number of hydrogen-bond acceptors (Lipinski definition) is 9. The predicted octanol–water partition coefficient (Wildman–Crippen LogP) is -3.60. The fraction of sp³-hybridized carbons (Fsp3) is 0.727. The topological polar surface area (TPSA) is 182 Å². The quantitative estimate of drug-likeness (QED) is 0.184. The van der Waals surface area contributed by atoms with Gasteiger partial charge in [0.1, 0.15) is 31.0 Å². The molecule has 0 aliphatic heterocycles. The molecule has 0 saturated heterocycles. The summed E-state index contributed by atoms with van der Waals surface area (Å²) in [7, 11) is 0. The molecule has 0 saturated carbocycles. The van der Waals surface area contributed by atoms with Gasteiger partial charge in [-0.15, -0.1) is 0 Å². The van der Waals surface area contributed by atoms with Gasteiger partial charge in [-0.25, -0.2) is 4.79 Å². The highest BCUT2D eigenvalue weighted by atomic mass is 16.5. The Morgan fingerprint density at radius 3 is 2.00 bits per heavy atom. The molecule has 0 heterocycles. The zero-order chi connectivity index (χ0) is 17.4. The average Bonchev–Trinajstić information content (AvgIpc) is 2.49. The van der Waals surface area contributed by atoms with Crippen molar-refractivity contribution in [3.05, 3.63) is 0 Å². The van der Waals surface area contributed by atoms with E-state index in [1.54, 1.807) is 0 Å². The van der Waals surface area contributed by atoms with Crippen molar-refractivity contribution in [2.45, 2.75) is 43.8 Å². The molecular formula is C11H18O10. The van der Waals surface area contributed by atoms with E-state index in [1.165, 1.54) is 0 Å². The smallest absolute Gasteiger partial charge is 0.372 e. The summed E-state index contributed by atoms with van der Waals surface area (Å²) in [6.07, 6.45) is -11.1. The molecule has 0 unspecified atom stereocenters. The number of esters is 1. The Hall–Kier alpha value is -1.59. The maximum absolute atomic E-state index is 10.9. The standard InChI is InChI=1S/C11H18O10/c1-4(12)21-3-7(15)9(17)10(18)8(16)5(13)2-6(14)11(19)20/h5,7-10,13,15-18H,2-3H2,1H3,(H,19,20)/t5-,7+,8+,9+,10+/m0/s1/i1D. The van der Waals surface area contributed by atoms with E-state index < -0.39 is 68.2 Å². The first kappa shape index (κ1) is 17.5. The van der Waals surface area contributed by atoms with Gasteiger partial charge < -0.3 is 35.4 Å². The molecular weight excluding hydrogens is 292 g/mol. The summed E-state index contributed by atoms with van der Waals surface area (Å²) in [6, 6.07) is 0. The molecule has 0 aromatic rings. The number of rotatable bonds is 9. The van der Waals surface area contributed by atoms with Crippen LogP contribution in [0.3, 0.4) is 0 Å². The van der Waals surface area contributed by atoms with Crippen LogP contribution >= 0.6 is 0 Å². The van der Waals surface area contributed by atoms with E-state index in [2.05, 4.69) is 4.74 Å². The van der Waals surface area contributed by atoms with Crippen molar-refractivity contribution >= 4 is 17.7 Å². The second-order valence-electron chi connectivity index (χ2n) is 4.22. The predicted molar refractivity (Wildman–Crippen MR) is 63.9 cm³/mol. The third-order valence-corrected chi connectivity index (χ3v) is 2.54. The van der Waals surface area contributed by atoms with Crippen molar-refractivity contribution in [1.82, 2.24) is 0 Å². The van der Waals surface area contributed by atoms with E-state index in [1.807, 2.05) is 0 Å². The number of carboxylic acids is 1. The third kappa shape index (κ3) is 6.60. The van der Waals surface area contributed by atoms with Gasteiger partial charge in [-0.2, -0.15) is 0 Å². The van der Waals surface area contributed by atoms with Crippen LogP contribution in [0.15, 0.2) is 0 Å².